The number of rotatable bonds is 8. The molecular formula is C29H33F3N6O2. The van der Waals surface area contributed by atoms with Crippen molar-refractivity contribution in [2.45, 2.75) is 32.5 Å². The highest BCUT2D eigenvalue weighted by atomic mass is 19.4. The number of carbonyl (C=O) groups is 1. The van der Waals surface area contributed by atoms with Crippen molar-refractivity contribution in [1.82, 2.24) is 19.8 Å². The molecule has 0 unspecified atom stereocenters. The zero-order valence-electron chi connectivity index (χ0n) is 22.5. The van der Waals surface area contributed by atoms with E-state index < -0.39 is 11.7 Å². The maximum absolute atomic E-state index is 13.2. The van der Waals surface area contributed by atoms with Gasteiger partial charge in [-0.1, -0.05) is 6.07 Å². The van der Waals surface area contributed by atoms with Crippen LogP contribution in [0.5, 0.6) is 5.75 Å². The van der Waals surface area contributed by atoms with E-state index in [-0.39, 0.29) is 5.91 Å². The number of fused-ring (bicyclic) bond motifs is 1. The summed E-state index contributed by atoms with van der Waals surface area (Å²) in [6.07, 6.45) is -1.38. The molecule has 3 heterocycles. The predicted molar refractivity (Wildman–Crippen MR) is 147 cm³/mol. The Labute approximate surface area is 231 Å². The van der Waals surface area contributed by atoms with E-state index in [1.54, 1.807) is 13.0 Å². The zero-order chi connectivity index (χ0) is 28.1. The van der Waals surface area contributed by atoms with Gasteiger partial charge in [-0.05, 0) is 55.3 Å². The van der Waals surface area contributed by atoms with E-state index in [0.29, 0.717) is 37.6 Å². The highest BCUT2D eigenvalue weighted by molar-refractivity contribution is 5.73. The van der Waals surface area contributed by atoms with Crippen molar-refractivity contribution in [2.24, 2.45) is 0 Å². The molecule has 11 heteroatoms. The van der Waals surface area contributed by atoms with Crippen LogP contribution in [0.3, 0.4) is 0 Å². The van der Waals surface area contributed by atoms with Crippen molar-refractivity contribution in [3.8, 4) is 5.75 Å². The van der Waals surface area contributed by atoms with Gasteiger partial charge in [0.25, 0.3) is 0 Å². The number of carbonyl (C=O) groups excluding carboxylic acids is 1. The van der Waals surface area contributed by atoms with Gasteiger partial charge in [0.2, 0.25) is 5.91 Å². The Morgan fingerprint density at radius 1 is 1.02 bits per heavy atom. The molecule has 0 spiro atoms. The van der Waals surface area contributed by atoms with E-state index in [0.717, 1.165) is 67.9 Å². The van der Waals surface area contributed by atoms with Crippen LogP contribution in [0.25, 0.3) is 0 Å². The van der Waals surface area contributed by atoms with Gasteiger partial charge < -0.3 is 19.9 Å². The van der Waals surface area contributed by atoms with Crippen molar-refractivity contribution in [3.05, 3.63) is 71.7 Å². The second-order valence-electron chi connectivity index (χ2n) is 10.1. The van der Waals surface area contributed by atoms with E-state index in [1.165, 1.54) is 18.5 Å². The SMILES string of the molecule is CC(=O)N1CCN(CCCOc2ccc(Nc3ncnc4c3CCN(c3cccc(C(F)(F)F)c3)C4)cc2)CC1. The maximum Gasteiger partial charge on any atom is 0.416 e. The van der Waals surface area contributed by atoms with Gasteiger partial charge in [0, 0.05) is 63.1 Å². The van der Waals surface area contributed by atoms with Crippen molar-refractivity contribution < 1.29 is 22.7 Å². The minimum atomic E-state index is -4.38. The molecule has 40 heavy (non-hydrogen) atoms. The van der Waals surface area contributed by atoms with E-state index in [2.05, 4.69) is 20.2 Å². The number of aromatic nitrogens is 2. The molecule has 8 nitrogen and oxygen atoms in total. The standard InChI is InChI=1S/C29H33F3N6O2/c1-21(39)37-15-13-36(14-16-37)11-3-17-40-25-8-6-23(7-9-25)35-28-26-10-12-38(19-27(26)33-20-34-28)24-5-2-4-22(18-24)29(30,31)32/h2,4-9,18,20H,3,10-17,19H2,1H3,(H,33,34,35). The molecule has 0 bridgehead atoms. The molecule has 2 aliphatic rings. The summed E-state index contributed by atoms with van der Waals surface area (Å²) in [4.78, 5) is 26.4. The van der Waals surface area contributed by atoms with Crippen LogP contribution in [0.1, 0.15) is 30.2 Å². The Morgan fingerprint density at radius 2 is 1.80 bits per heavy atom. The lowest BCUT2D eigenvalue weighted by Gasteiger charge is -2.34. The number of alkyl halides is 3. The van der Waals surface area contributed by atoms with E-state index in [1.807, 2.05) is 34.1 Å². The molecule has 0 aliphatic carbocycles. The van der Waals surface area contributed by atoms with Gasteiger partial charge in [-0.2, -0.15) is 13.2 Å². The molecular weight excluding hydrogens is 521 g/mol. The third-order valence-corrected chi connectivity index (χ3v) is 7.37. The van der Waals surface area contributed by atoms with Crippen molar-refractivity contribution in [3.63, 3.8) is 0 Å². The second kappa shape index (κ2) is 12.1. The molecule has 0 radical (unpaired) electrons. The van der Waals surface area contributed by atoms with Gasteiger partial charge in [0.05, 0.1) is 24.4 Å². The molecule has 2 aliphatic heterocycles. The molecule has 212 valence electrons. The number of piperazine rings is 1. The maximum atomic E-state index is 13.2. The van der Waals surface area contributed by atoms with Gasteiger partial charge in [0.15, 0.2) is 0 Å². The molecule has 1 aromatic heterocycles. The Kier molecular flexibility index (Phi) is 8.39. The molecule has 1 N–H and O–H groups in total. The summed E-state index contributed by atoms with van der Waals surface area (Å²) in [6, 6.07) is 13.1. The van der Waals surface area contributed by atoms with Crippen LogP contribution in [0.2, 0.25) is 0 Å². The number of hydrogen-bond donors (Lipinski definition) is 1. The summed E-state index contributed by atoms with van der Waals surface area (Å²) in [6.45, 7) is 7.51. The molecule has 0 atom stereocenters. The van der Waals surface area contributed by atoms with Gasteiger partial charge in [-0.25, -0.2) is 9.97 Å². The smallest absolute Gasteiger partial charge is 0.416 e. The minimum absolute atomic E-state index is 0.140. The first-order valence-corrected chi connectivity index (χ1v) is 13.5. The van der Waals surface area contributed by atoms with Crippen molar-refractivity contribution >= 4 is 23.1 Å². The number of ether oxygens (including phenoxy) is 1. The van der Waals surface area contributed by atoms with Crippen LogP contribution >= 0.6 is 0 Å². The predicted octanol–water partition coefficient (Wildman–Crippen LogP) is 4.73. The first kappa shape index (κ1) is 27.7. The highest BCUT2D eigenvalue weighted by Gasteiger charge is 2.31. The first-order chi connectivity index (χ1) is 19.3. The van der Waals surface area contributed by atoms with Crippen LogP contribution in [-0.4, -0.2) is 71.6 Å². The summed E-state index contributed by atoms with van der Waals surface area (Å²) in [5.74, 6) is 1.63. The van der Waals surface area contributed by atoms with Crippen LogP contribution in [-0.2, 0) is 23.9 Å². The van der Waals surface area contributed by atoms with Crippen LogP contribution in [0, 0.1) is 0 Å². The summed E-state index contributed by atoms with van der Waals surface area (Å²) in [7, 11) is 0. The molecule has 2 aromatic carbocycles. The average Bonchev–Trinajstić information content (AvgIpc) is 2.96. The Bertz CT molecular complexity index is 1310. The fourth-order valence-electron chi connectivity index (χ4n) is 5.10. The summed E-state index contributed by atoms with van der Waals surface area (Å²) < 4.78 is 45.4. The molecule has 0 saturated carbocycles. The van der Waals surface area contributed by atoms with Gasteiger partial charge >= 0.3 is 6.18 Å². The average molecular weight is 555 g/mol. The van der Waals surface area contributed by atoms with E-state index >= 15 is 0 Å². The van der Waals surface area contributed by atoms with Crippen LogP contribution in [0.4, 0.5) is 30.4 Å². The molecule has 1 fully saturated rings. The Hall–Kier alpha value is -3.86. The zero-order valence-corrected chi connectivity index (χ0v) is 22.5. The number of benzene rings is 2. The van der Waals surface area contributed by atoms with E-state index in [9.17, 15) is 18.0 Å². The second-order valence-corrected chi connectivity index (χ2v) is 10.1. The molecule has 5 rings (SSSR count). The lowest BCUT2D eigenvalue weighted by molar-refractivity contribution is -0.137. The van der Waals surface area contributed by atoms with Crippen molar-refractivity contribution in [1.29, 1.82) is 0 Å². The minimum Gasteiger partial charge on any atom is -0.494 e. The van der Waals surface area contributed by atoms with Crippen LogP contribution in [0.15, 0.2) is 54.9 Å². The highest BCUT2D eigenvalue weighted by Crippen LogP contribution is 2.34. The molecule has 3 aromatic rings. The number of nitrogens with zero attached hydrogens (tertiary/aromatic N) is 5. The van der Waals surface area contributed by atoms with Gasteiger partial charge in [0.1, 0.15) is 17.9 Å². The third kappa shape index (κ3) is 6.82. The number of nitrogens with one attached hydrogen (secondary N) is 1. The molecule has 1 saturated heterocycles. The number of halogens is 3. The topological polar surface area (TPSA) is 73.8 Å². The number of hydrogen-bond acceptors (Lipinski definition) is 7. The summed E-state index contributed by atoms with van der Waals surface area (Å²) >= 11 is 0. The largest absolute Gasteiger partial charge is 0.494 e. The number of anilines is 3. The first-order valence-electron chi connectivity index (χ1n) is 13.5. The fourth-order valence-corrected chi connectivity index (χ4v) is 5.10. The van der Waals surface area contributed by atoms with Gasteiger partial charge in [-0.15, -0.1) is 0 Å². The Morgan fingerprint density at radius 3 is 2.52 bits per heavy atom. The lowest BCUT2D eigenvalue weighted by Crippen LogP contribution is -2.48. The fraction of sp³-hybridized carbons (Fsp3) is 0.414. The summed E-state index contributed by atoms with van der Waals surface area (Å²) in [5, 5.41) is 3.36. The van der Waals surface area contributed by atoms with Crippen LogP contribution < -0.4 is 15.0 Å². The molecule has 1 amide bonds. The monoisotopic (exact) mass is 554 g/mol. The quantitative estimate of drug-likeness (QED) is 0.404. The van der Waals surface area contributed by atoms with Gasteiger partial charge in [-0.3, -0.25) is 9.69 Å². The normalized spacial score (nSPS) is 16.0. The van der Waals surface area contributed by atoms with E-state index in [4.69, 9.17) is 4.74 Å². The summed E-state index contributed by atoms with van der Waals surface area (Å²) in [5.41, 5.74) is 2.49. The van der Waals surface area contributed by atoms with Crippen molar-refractivity contribution in [2.75, 3.05) is 56.1 Å². The Balaban J connectivity index is 1.12. The lowest BCUT2D eigenvalue weighted by atomic mass is 10.0. The number of amides is 1. The third-order valence-electron chi connectivity index (χ3n) is 7.37.